The predicted octanol–water partition coefficient (Wildman–Crippen LogP) is 3.72. The van der Waals surface area contributed by atoms with E-state index in [0.717, 1.165) is 18.4 Å². The number of nitrogens with zero attached hydrogens (tertiary/aromatic N) is 1. The van der Waals surface area contributed by atoms with Gasteiger partial charge in [-0.1, -0.05) is 44.9 Å². The Labute approximate surface area is 185 Å². The summed E-state index contributed by atoms with van der Waals surface area (Å²) in [6.45, 7) is 9.01. The van der Waals surface area contributed by atoms with E-state index < -0.39 is 6.10 Å². The number of benzene rings is 1. The second-order valence-corrected chi connectivity index (χ2v) is 9.34. The monoisotopic (exact) mass is 428 g/mol. The third kappa shape index (κ3) is 5.66. The molecule has 6 heteroatoms. The molecular formula is C25H36N2O4. The van der Waals surface area contributed by atoms with Gasteiger partial charge in [-0.3, -0.25) is 14.4 Å². The lowest BCUT2D eigenvalue weighted by molar-refractivity contribution is -0.160. The van der Waals surface area contributed by atoms with E-state index in [-0.39, 0.29) is 29.7 Å². The van der Waals surface area contributed by atoms with Crippen molar-refractivity contribution in [2.24, 2.45) is 17.8 Å². The van der Waals surface area contributed by atoms with Crippen LogP contribution in [0.2, 0.25) is 0 Å². The summed E-state index contributed by atoms with van der Waals surface area (Å²) in [4.78, 5) is 39.7. The molecule has 170 valence electrons. The van der Waals surface area contributed by atoms with Crippen molar-refractivity contribution in [3.05, 3.63) is 35.4 Å². The number of carbonyl (C=O) groups is 3. The van der Waals surface area contributed by atoms with Gasteiger partial charge in [0.1, 0.15) is 0 Å². The van der Waals surface area contributed by atoms with Crippen molar-refractivity contribution in [2.75, 3.05) is 13.1 Å². The van der Waals surface area contributed by atoms with Crippen LogP contribution in [0.5, 0.6) is 0 Å². The molecule has 1 saturated heterocycles. The van der Waals surface area contributed by atoms with Crippen molar-refractivity contribution in [2.45, 2.75) is 71.9 Å². The minimum atomic E-state index is -0.802. The molecule has 1 aliphatic heterocycles. The topological polar surface area (TPSA) is 75.7 Å². The lowest BCUT2D eigenvalue weighted by atomic mass is 9.78. The first-order chi connectivity index (χ1) is 14.8. The number of carbonyl (C=O) groups excluding carboxylic acids is 3. The number of hydrogen-bond acceptors (Lipinski definition) is 4. The van der Waals surface area contributed by atoms with Crippen LogP contribution in [-0.4, -0.2) is 47.9 Å². The molecule has 1 saturated carbocycles. The fourth-order valence-corrected chi connectivity index (χ4v) is 4.71. The van der Waals surface area contributed by atoms with Crippen LogP contribution in [0.1, 0.15) is 68.8 Å². The third-order valence-corrected chi connectivity index (χ3v) is 7.19. The van der Waals surface area contributed by atoms with E-state index in [2.05, 4.69) is 19.2 Å². The lowest BCUT2D eigenvalue weighted by Gasteiger charge is -2.35. The fourth-order valence-electron chi connectivity index (χ4n) is 4.71. The Kier molecular flexibility index (Phi) is 7.74. The number of hydrogen-bond donors (Lipinski definition) is 1. The second kappa shape index (κ2) is 10.3. The molecule has 1 aromatic carbocycles. The highest BCUT2D eigenvalue weighted by Crippen LogP contribution is 2.29. The number of amides is 2. The average molecular weight is 429 g/mol. The zero-order valence-electron chi connectivity index (χ0n) is 19.2. The summed E-state index contributed by atoms with van der Waals surface area (Å²) in [5.74, 6) is 0.195. The first-order valence-electron chi connectivity index (χ1n) is 11.6. The van der Waals surface area contributed by atoms with Gasteiger partial charge >= 0.3 is 5.97 Å². The zero-order chi connectivity index (χ0) is 22.5. The van der Waals surface area contributed by atoms with E-state index >= 15 is 0 Å². The molecule has 1 N–H and O–H groups in total. The molecule has 31 heavy (non-hydrogen) atoms. The number of nitrogens with one attached hydrogen (secondary N) is 1. The van der Waals surface area contributed by atoms with Crippen LogP contribution in [0.4, 0.5) is 0 Å². The molecule has 3 rings (SSSR count). The predicted molar refractivity (Wildman–Crippen MR) is 119 cm³/mol. The van der Waals surface area contributed by atoms with E-state index in [4.69, 9.17) is 4.74 Å². The molecule has 1 aliphatic carbocycles. The van der Waals surface area contributed by atoms with Crippen LogP contribution in [0.25, 0.3) is 0 Å². The summed E-state index contributed by atoms with van der Waals surface area (Å²) < 4.78 is 5.50. The molecule has 0 spiro atoms. The van der Waals surface area contributed by atoms with Gasteiger partial charge in [0.25, 0.3) is 11.8 Å². The first-order valence-corrected chi connectivity index (χ1v) is 11.6. The van der Waals surface area contributed by atoms with Crippen molar-refractivity contribution in [3.8, 4) is 0 Å². The maximum absolute atomic E-state index is 12.8. The van der Waals surface area contributed by atoms with Crippen LogP contribution in [0.3, 0.4) is 0 Å². The minimum absolute atomic E-state index is 0.00786. The quantitative estimate of drug-likeness (QED) is 0.726. The Morgan fingerprint density at radius 3 is 2.42 bits per heavy atom. The van der Waals surface area contributed by atoms with Crippen LogP contribution in [0, 0.1) is 24.7 Å². The molecule has 2 amide bonds. The van der Waals surface area contributed by atoms with E-state index in [9.17, 15) is 14.4 Å². The van der Waals surface area contributed by atoms with Gasteiger partial charge in [0.15, 0.2) is 6.10 Å². The molecule has 6 nitrogen and oxygen atoms in total. The summed E-state index contributed by atoms with van der Waals surface area (Å²) in [5.41, 5.74) is 1.66. The third-order valence-electron chi connectivity index (χ3n) is 7.19. The molecule has 0 unspecified atom stereocenters. The van der Waals surface area contributed by atoms with E-state index in [1.54, 1.807) is 11.8 Å². The minimum Gasteiger partial charge on any atom is -0.452 e. The highest BCUT2D eigenvalue weighted by atomic mass is 16.5. The number of likely N-dealkylation sites (tertiary alicyclic amines) is 1. The van der Waals surface area contributed by atoms with Gasteiger partial charge in [0.05, 0.1) is 5.92 Å². The number of aryl methyl sites for hydroxylation is 1. The maximum Gasteiger partial charge on any atom is 0.309 e. The van der Waals surface area contributed by atoms with Crippen molar-refractivity contribution < 1.29 is 19.1 Å². The maximum atomic E-state index is 12.8. The number of piperidine rings is 1. The largest absolute Gasteiger partial charge is 0.452 e. The van der Waals surface area contributed by atoms with Gasteiger partial charge in [0, 0.05) is 24.7 Å². The summed E-state index contributed by atoms with van der Waals surface area (Å²) in [5, 5.41) is 3.08. The average Bonchev–Trinajstić information content (AvgIpc) is 2.76. The zero-order valence-corrected chi connectivity index (χ0v) is 19.2. The Hall–Kier alpha value is -2.37. The number of esters is 1. The van der Waals surface area contributed by atoms with E-state index in [0.29, 0.717) is 43.3 Å². The molecule has 4 atom stereocenters. The second-order valence-electron chi connectivity index (χ2n) is 9.34. The van der Waals surface area contributed by atoms with E-state index in [1.807, 2.05) is 31.2 Å². The normalized spacial score (nSPS) is 25.5. The summed E-state index contributed by atoms with van der Waals surface area (Å²) in [6.07, 6.45) is 3.60. The van der Waals surface area contributed by atoms with Gasteiger partial charge in [-0.05, 0) is 56.6 Å². The first kappa shape index (κ1) is 23.3. The smallest absolute Gasteiger partial charge is 0.309 e. The highest BCUT2D eigenvalue weighted by molar-refractivity contribution is 5.95. The summed E-state index contributed by atoms with van der Waals surface area (Å²) in [6, 6.07) is 7.70. The van der Waals surface area contributed by atoms with Crippen molar-refractivity contribution in [3.63, 3.8) is 0 Å². The van der Waals surface area contributed by atoms with Crippen LogP contribution >= 0.6 is 0 Å². The number of ether oxygens (including phenoxy) is 1. The number of rotatable bonds is 5. The Balaban J connectivity index is 1.46. The van der Waals surface area contributed by atoms with Crippen LogP contribution in [-0.2, 0) is 14.3 Å². The molecular weight excluding hydrogens is 392 g/mol. The SMILES string of the molecule is Cc1ccccc1C(=O)N1CCC(C(=O)O[C@H](C)C(=O)N[C@@H]2CCC[C@H](C)[C@@H]2C)CC1. The summed E-state index contributed by atoms with van der Waals surface area (Å²) >= 11 is 0. The summed E-state index contributed by atoms with van der Waals surface area (Å²) in [7, 11) is 0. The van der Waals surface area contributed by atoms with Crippen LogP contribution < -0.4 is 5.32 Å². The van der Waals surface area contributed by atoms with Gasteiger partial charge < -0.3 is 15.0 Å². The molecule has 2 aliphatic rings. The van der Waals surface area contributed by atoms with Crippen LogP contribution in [0.15, 0.2) is 24.3 Å². The van der Waals surface area contributed by atoms with Crippen molar-refractivity contribution >= 4 is 17.8 Å². The lowest BCUT2D eigenvalue weighted by Crippen LogP contribution is -2.48. The molecule has 1 aromatic rings. The standard InChI is InChI=1S/C25H36N2O4/c1-16-9-7-11-22(18(16)3)26-23(28)19(4)31-25(30)20-12-14-27(15-13-20)24(29)21-10-6-5-8-17(21)2/h5-6,8,10,16,18-20,22H,7,9,11-15H2,1-4H3,(H,26,28)/t16-,18-,19+,22+/m0/s1. The molecule has 0 radical (unpaired) electrons. The van der Waals surface area contributed by atoms with E-state index in [1.165, 1.54) is 6.42 Å². The Bertz CT molecular complexity index is 800. The Morgan fingerprint density at radius 1 is 1.06 bits per heavy atom. The van der Waals surface area contributed by atoms with Gasteiger partial charge in [-0.25, -0.2) is 0 Å². The Morgan fingerprint density at radius 2 is 1.74 bits per heavy atom. The molecule has 0 aromatic heterocycles. The molecule has 2 fully saturated rings. The fraction of sp³-hybridized carbons (Fsp3) is 0.640. The van der Waals surface area contributed by atoms with Crippen molar-refractivity contribution in [1.29, 1.82) is 0 Å². The van der Waals surface area contributed by atoms with Gasteiger partial charge in [0.2, 0.25) is 0 Å². The van der Waals surface area contributed by atoms with Crippen molar-refractivity contribution in [1.82, 2.24) is 10.2 Å². The molecule has 1 heterocycles. The van der Waals surface area contributed by atoms with Gasteiger partial charge in [-0.15, -0.1) is 0 Å². The molecule has 0 bridgehead atoms. The van der Waals surface area contributed by atoms with Gasteiger partial charge in [-0.2, -0.15) is 0 Å². The highest BCUT2D eigenvalue weighted by Gasteiger charge is 2.33.